The number of nitro groups is 1. The minimum Gasteiger partial charge on any atom is -0.439 e. The van der Waals surface area contributed by atoms with E-state index in [-0.39, 0.29) is 41.6 Å². The van der Waals surface area contributed by atoms with Gasteiger partial charge in [-0.15, -0.1) is 0 Å². The third-order valence-corrected chi connectivity index (χ3v) is 6.79. The Morgan fingerprint density at radius 2 is 1.67 bits per heavy atom. The van der Waals surface area contributed by atoms with Gasteiger partial charge in [0.15, 0.2) is 5.58 Å². The first-order valence-corrected chi connectivity index (χ1v) is 12.8. The summed E-state index contributed by atoms with van der Waals surface area (Å²) >= 11 is 0. The molecule has 1 aliphatic rings. The van der Waals surface area contributed by atoms with Crippen LogP contribution < -0.4 is 5.32 Å². The minimum absolute atomic E-state index is 0.0112. The molecule has 0 radical (unpaired) electrons. The minimum atomic E-state index is -4.91. The first kappa shape index (κ1) is 29.8. The second-order valence-electron chi connectivity index (χ2n) is 9.77. The fourth-order valence-corrected chi connectivity index (χ4v) is 4.60. The number of rotatable bonds is 7. The molecule has 226 valence electrons. The summed E-state index contributed by atoms with van der Waals surface area (Å²) in [6.07, 6.45) is -8.07. The third kappa shape index (κ3) is 7.02. The van der Waals surface area contributed by atoms with Crippen LogP contribution in [0.3, 0.4) is 0 Å². The number of amides is 1. The van der Waals surface area contributed by atoms with Gasteiger partial charge in [0.05, 0.1) is 35.3 Å². The van der Waals surface area contributed by atoms with E-state index in [1.807, 2.05) is 4.90 Å². The summed E-state index contributed by atoms with van der Waals surface area (Å²) in [5, 5.41) is 13.7. The number of hydrogen-bond acceptors (Lipinski definition) is 8. The lowest BCUT2D eigenvalue weighted by atomic mass is 10.1. The van der Waals surface area contributed by atoms with Gasteiger partial charge in [-0.3, -0.25) is 24.8 Å². The van der Waals surface area contributed by atoms with Gasteiger partial charge in [0.1, 0.15) is 11.1 Å². The summed E-state index contributed by atoms with van der Waals surface area (Å²) in [5.74, 6) is 0.0925. The molecule has 0 unspecified atom stereocenters. The van der Waals surface area contributed by atoms with Crippen LogP contribution in [-0.4, -0.2) is 56.8 Å². The number of alkyl halides is 6. The van der Waals surface area contributed by atoms with Crippen LogP contribution in [0.15, 0.2) is 59.1 Å². The highest BCUT2D eigenvalue weighted by Gasteiger charge is 2.38. The van der Waals surface area contributed by atoms with Gasteiger partial charge >= 0.3 is 12.4 Å². The number of fused-ring (bicyclic) bond motifs is 1. The van der Waals surface area contributed by atoms with E-state index in [2.05, 4.69) is 15.3 Å². The van der Waals surface area contributed by atoms with Crippen LogP contribution in [0, 0.1) is 10.1 Å². The summed E-state index contributed by atoms with van der Waals surface area (Å²) < 4.78 is 84.2. The van der Waals surface area contributed by atoms with Crippen LogP contribution in [-0.2, 0) is 30.1 Å². The average Bonchev–Trinajstić information content (AvgIpc) is 3.35. The van der Waals surface area contributed by atoms with Gasteiger partial charge in [-0.2, -0.15) is 26.3 Å². The highest BCUT2D eigenvalue weighted by Crippen LogP contribution is 2.38. The Morgan fingerprint density at radius 3 is 2.30 bits per heavy atom. The summed E-state index contributed by atoms with van der Waals surface area (Å²) in [5.41, 5.74) is -2.15. The Hall–Kier alpha value is -4.73. The van der Waals surface area contributed by atoms with Crippen LogP contribution in [0.1, 0.15) is 22.7 Å². The molecule has 16 heteroatoms. The van der Waals surface area contributed by atoms with Gasteiger partial charge in [0.2, 0.25) is 11.8 Å². The average molecular weight is 608 g/mol. The standard InChI is InChI=1S/C27H22F6N6O4/c28-26(29,30)16-1-6-23-21(11-16)36-24(43-23)15-37-7-9-38(10-8-37)25(40)13-17-2-3-19(14-34-17)35-18-4-5-22(39(41)42)20(12-18)27(31,32)33/h1-6,11-12,14,35H,7-10,13,15H2. The van der Waals surface area contributed by atoms with E-state index in [1.165, 1.54) is 18.3 Å². The molecule has 1 amide bonds. The van der Waals surface area contributed by atoms with E-state index in [0.717, 1.165) is 24.3 Å². The zero-order valence-corrected chi connectivity index (χ0v) is 22.1. The molecule has 0 spiro atoms. The molecule has 1 aliphatic heterocycles. The Labute approximate surface area is 239 Å². The summed E-state index contributed by atoms with van der Waals surface area (Å²) in [6, 6.07) is 8.75. The normalized spacial score (nSPS) is 14.7. The summed E-state index contributed by atoms with van der Waals surface area (Å²) in [4.78, 5) is 34.7. The maximum absolute atomic E-state index is 13.2. The lowest BCUT2D eigenvalue weighted by Crippen LogP contribution is -2.48. The van der Waals surface area contributed by atoms with Gasteiger partial charge in [-0.05, 0) is 42.5 Å². The maximum Gasteiger partial charge on any atom is 0.423 e. The zero-order valence-electron chi connectivity index (χ0n) is 22.1. The van der Waals surface area contributed by atoms with Crippen LogP contribution in [0.5, 0.6) is 0 Å². The Morgan fingerprint density at radius 1 is 0.953 bits per heavy atom. The molecule has 4 aromatic rings. The molecule has 3 heterocycles. The number of benzene rings is 2. The number of nitrogens with zero attached hydrogens (tertiary/aromatic N) is 5. The van der Waals surface area contributed by atoms with E-state index in [9.17, 15) is 41.3 Å². The molecule has 0 bridgehead atoms. The molecular formula is C27H22F6N6O4. The second kappa shape index (κ2) is 11.5. The molecule has 0 saturated carbocycles. The van der Waals surface area contributed by atoms with Gasteiger partial charge in [0, 0.05) is 43.6 Å². The number of hydrogen-bond donors (Lipinski definition) is 1. The molecule has 1 fully saturated rings. The van der Waals surface area contributed by atoms with Gasteiger partial charge in [-0.1, -0.05) is 0 Å². The molecule has 0 atom stereocenters. The number of piperazine rings is 1. The van der Waals surface area contributed by atoms with Crippen molar-refractivity contribution in [1.82, 2.24) is 19.8 Å². The lowest BCUT2D eigenvalue weighted by Gasteiger charge is -2.34. The van der Waals surface area contributed by atoms with Crippen molar-refractivity contribution in [3.8, 4) is 0 Å². The molecule has 2 aromatic carbocycles. The predicted octanol–water partition coefficient (Wildman–Crippen LogP) is 5.80. The van der Waals surface area contributed by atoms with Crippen molar-refractivity contribution in [2.45, 2.75) is 25.3 Å². The largest absolute Gasteiger partial charge is 0.439 e. The first-order valence-electron chi connectivity index (χ1n) is 12.8. The van der Waals surface area contributed by atoms with Crippen LogP contribution in [0.4, 0.5) is 43.4 Å². The monoisotopic (exact) mass is 608 g/mol. The fraction of sp³-hybridized carbons (Fsp3) is 0.296. The molecular weight excluding hydrogens is 586 g/mol. The quantitative estimate of drug-likeness (QED) is 0.159. The van der Waals surface area contributed by atoms with Crippen molar-refractivity contribution in [1.29, 1.82) is 0 Å². The number of pyridine rings is 1. The van der Waals surface area contributed by atoms with Gasteiger partial charge in [0.25, 0.3) is 5.69 Å². The number of halogens is 6. The summed E-state index contributed by atoms with van der Waals surface area (Å²) in [6.45, 7) is 2.05. The smallest absolute Gasteiger partial charge is 0.423 e. The lowest BCUT2D eigenvalue weighted by molar-refractivity contribution is -0.388. The number of carbonyl (C=O) groups is 1. The van der Waals surface area contributed by atoms with Crippen LogP contribution in [0.2, 0.25) is 0 Å². The number of nitro benzene ring substituents is 1. The second-order valence-corrected chi connectivity index (χ2v) is 9.77. The molecule has 5 rings (SSSR count). The SMILES string of the molecule is O=C(Cc1ccc(Nc2ccc([N+](=O)[O-])c(C(F)(F)F)c2)cn1)N1CCN(Cc2nc3cc(C(F)(F)F)ccc3o2)CC1. The van der Waals surface area contributed by atoms with Crippen molar-refractivity contribution < 1.29 is 40.5 Å². The van der Waals surface area contributed by atoms with Crippen molar-refractivity contribution in [3.63, 3.8) is 0 Å². The van der Waals surface area contributed by atoms with Gasteiger partial charge < -0.3 is 14.6 Å². The van der Waals surface area contributed by atoms with Crippen molar-refractivity contribution in [2.75, 3.05) is 31.5 Å². The van der Waals surface area contributed by atoms with E-state index in [4.69, 9.17) is 4.42 Å². The summed E-state index contributed by atoms with van der Waals surface area (Å²) in [7, 11) is 0. The van der Waals surface area contributed by atoms with Crippen LogP contribution >= 0.6 is 0 Å². The Bertz CT molecular complexity index is 1650. The highest BCUT2D eigenvalue weighted by molar-refractivity contribution is 5.78. The van der Waals surface area contributed by atoms with Crippen molar-refractivity contribution in [2.24, 2.45) is 0 Å². The Kier molecular flexibility index (Phi) is 7.96. The van der Waals surface area contributed by atoms with E-state index in [0.29, 0.717) is 43.6 Å². The first-order chi connectivity index (χ1) is 20.3. The molecule has 0 aliphatic carbocycles. The maximum atomic E-state index is 13.2. The van der Waals surface area contributed by atoms with E-state index >= 15 is 0 Å². The topological polar surface area (TPSA) is 118 Å². The zero-order chi connectivity index (χ0) is 30.9. The molecule has 43 heavy (non-hydrogen) atoms. The van der Waals surface area contributed by atoms with E-state index < -0.39 is 34.1 Å². The number of carbonyl (C=O) groups excluding carboxylic acids is 1. The van der Waals surface area contributed by atoms with E-state index in [1.54, 1.807) is 11.0 Å². The predicted molar refractivity (Wildman–Crippen MR) is 140 cm³/mol. The molecule has 1 N–H and O–H groups in total. The molecule has 2 aromatic heterocycles. The fourth-order valence-electron chi connectivity index (χ4n) is 4.60. The van der Waals surface area contributed by atoms with Crippen molar-refractivity contribution >= 4 is 34.1 Å². The number of oxazole rings is 1. The number of aromatic nitrogens is 2. The highest BCUT2D eigenvalue weighted by atomic mass is 19.4. The van der Waals surface area contributed by atoms with Crippen LogP contribution in [0.25, 0.3) is 11.1 Å². The molecule has 1 saturated heterocycles. The number of nitrogens with one attached hydrogen (secondary N) is 1. The number of anilines is 2. The van der Waals surface area contributed by atoms with Crippen molar-refractivity contribution in [3.05, 3.63) is 87.6 Å². The van der Waals surface area contributed by atoms with Gasteiger partial charge in [-0.25, -0.2) is 4.98 Å². The molecule has 10 nitrogen and oxygen atoms in total. The third-order valence-electron chi connectivity index (χ3n) is 6.79. The Balaban J connectivity index is 1.13.